The van der Waals surface area contributed by atoms with E-state index in [-0.39, 0.29) is 21.7 Å². The first kappa shape index (κ1) is 47.7. The van der Waals surface area contributed by atoms with Gasteiger partial charge < -0.3 is 20.4 Å². The van der Waals surface area contributed by atoms with E-state index in [1.807, 2.05) is 27.7 Å². The minimum Gasteiger partial charge on any atom is -0.507 e. The van der Waals surface area contributed by atoms with E-state index in [9.17, 15) is 20.4 Å². The summed E-state index contributed by atoms with van der Waals surface area (Å²) < 4.78 is 0. The van der Waals surface area contributed by atoms with Gasteiger partial charge in [0, 0.05) is 48.4 Å². The Morgan fingerprint density at radius 3 is 0.729 bits per heavy atom. The van der Waals surface area contributed by atoms with Crippen LogP contribution in [0.1, 0.15) is 169 Å². The molecule has 4 aromatic rings. The van der Waals surface area contributed by atoms with Crippen molar-refractivity contribution in [2.24, 2.45) is 0 Å². The molecule has 0 spiro atoms. The SMILES string of the molecule is Cc1cc(C(C)(C)C)cc(CN(CCCCCN(Cc2cc(C(C)(C)C)cc(C)c2O)Cc2cc(C(C)(C)C)cc(C)c2O)Cc2cc(C(C)(C)C)cc(C)c2O)c1O. The van der Waals surface area contributed by atoms with Crippen LogP contribution in [-0.2, 0) is 47.8 Å². The molecular formula is C53H78N2O4. The molecule has 0 heterocycles. The molecule has 0 saturated carbocycles. The molecule has 0 aliphatic carbocycles. The topological polar surface area (TPSA) is 87.4 Å². The Kier molecular flexibility index (Phi) is 14.8. The number of nitrogens with zero attached hydrogens (tertiary/aromatic N) is 2. The molecular weight excluding hydrogens is 729 g/mol. The van der Waals surface area contributed by atoms with Crippen molar-refractivity contribution in [1.82, 2.24) is 9.80 Å². The van der Waals surface area contributed by atoms with Crippen LogP contribution in [0.15, 0.2) is 48.5 Å². The van der Waals surface area contributed by atoms with Crippen molar-refractivity contribution in [3.05, 3.63) is 115 Å². The highest BCUT2D eigenvalue weighted by Crippen LogP contribution is 2.37. The molecule has 0 aliphatic rings. The number of hydrogen-bond donors (Lipinski definition) is 4. The van der Waals surface area contributed by atoms with E-state index in [2.05, 4.69) is 141 Å². The molecule has 59 heavy (non-hydrogen) atoms. The second-order valence-electron chi connectivity index (χ2n) is 21.7. The Hall–Kier alpha value is -4.00. The number of phenolic OH excluding ortho intramolecular Hbond substituents is 4. The lowest BCUT2D eigenvalue weighted by Crippen LogP contribution is -2.27. The third kappa shape index (κ3) is 12.5. The third-order valence-corrected chi connectivity index (χ3v) is 12.0. The van der Waals surface area contributed by atoms with Crippen LogP contribution in [0.2, 0.25) is 0 Å². The van der Waals surface area contributed by atoms with Gasteiger partial charge in [0.15, 0.2) is 0 Å². The smallest absolute Gasteiger partial charge is 0.122 e. The van der Waals surface area contributed by atoms with Crippen molar-refractivity contribution >= 4 is 0 Å². The minimum atomic E-state index is -0.0621. The van der Waals surface area contributed by atoms with Crippen LogP contribution in [-0.4, -0.2) is 43.3 Å². The highest BCUT2D eigenvalue weighted by molar-refractivity contribution is 5.48. The van der Waals surface area contributed by atoms with Crippen LogP contribution in [0, 0.1) is 27.7 Å². The van der Waals surface area contributed by atoms with E-state index in [0.717, 1.165) is 76.9 Å². The Labute approximate surface area is 358 Å². The predicted octanol–water partition coefficient (Wildman–Crippen LogP) is 12.8. The van der Waals surface area contributed by atoms with Gasteiger partial charge in [-0.15, -0.1) is 0 Å². The summed E-state index contributed by atoms with van der Waals surface area (Å²) >= 11 is 0. The number of aromatic hydroxyl groups is 4. The summed E-state index contributed by atoms with van der Waals surface area (Å²) in [6, 6.07) is 17.0. The lowest BCUT2D eigenvalue weighted by atomic mass is 9.84. The summed E-state index contributed by atoms with van der Waals surface area (Å²) in [5.41, 5.74) is 11.7. The van der Waals surface area contributed by atoms with Crippen molar-refractivity contribution in [3.8, 4) is 23.0 Å². The van der Waals surface area contributed by atoms with E-state index in [1.165, 1.54) is 22.3 Å². The molecule has 0 atom stereocenters. The molecule has 6 nitrogen and oxygen atoms in total. The van der Waals surface area contributed by atoms with E-state index in [4.69, 9.17) is 0 Å². The Bertz CT molecular complexity index is 1790. The van der Waals surface area contributed by atoms with Crippen LogP contribution < -0.4 is 0 Å². The van der Waals surface area contributed by atoms with Gasteiger partial charge >= 0.3 is 0 Å². The molecule has 324 valence electrons. The quantitative estimate of drug-likeness (QED) is 0.0950. The van der Waals surface area contributed by atoms with Crippen molar-refractivity contribution in [2.75, 3.05) is 13.1 Å². The summed E-state index contributed by atoms with van der Waals surface area (Å²) in [5, 5.41) is 45.4. The first-order chi connectivity index (χ1) is 27.1. The normalized spacial score (nSPS) is 12.9. The predicted molar refractivity (Wildman–Crippen MR) is 248 cm³/mol. The van der Waals surface area contributed by atoms with Gasteiger partial charge in [0.05, 0.1) is 0 Å². The van der Waals surface area contributed by atoms with Gasteiger partial charge in [0.1, 0.15) is 23.0 Å². The number of benzene rings is 4. The minimum absolute atomic E-state index is 0.0621. The summed E-state index contributed by atoms with van der Waals surface area (Å²) in [6.07, 6.45) is 2.82. The first-order valence-corrected chi connectivity index (χ1v) is 21.8. The van der Waals surface area contributed by atoms with Gasteiger partial charge in [-0.1, -0.05) is 138 Å². The molecule has 0 fully saturated rings. The Morgan fingerprint density at radius 1 is 0.339 bits per heavy atom. The molecule has 0 bridgehead atoms. The summed E-state index contributed by atoms with van der Waals surface area (Å²) in [4.78, 5) is 4.74. The fourth-order valence-electron chi connectivity index (χ4n) is 7.86. The zero-order chi connectivity index (χ0) is 44.4. The fraction of sp³-hybridized carbons (Fsp3) is 0.547. The Morgan fingerprint density at radius 2 is 0.542 bits per heavy atom. The van der Waals surface area contributed by atoms with Crippen molar-refractivity contribution in [2.45, 2.75) is 178 Å². The first-order valence-electron chi connectivity index (χ1n) is 21.8. The van der Waals surface area contributed by atoms with Gasteiger partial charge in [-0.25, -0.2) is 0 Å². The second kappa shape index (κ2) is 18.3. The number of hydrogen-bond acceptors (Lipinski definition) is 6. The van der Waals surface area contributed by atoms with E-state index in [1.54, 1.807) is 0 Å². The molecule has 0 aromatic heterocycles. The van der Waals surface area contributed by atoms with Crippen LogP contribution in [0.5, 0.6) is 23.0 Å². The van der Waals surface area contributed by atoms with Crippen LogP contribution in [0.4, 0.5) is 0 Å². The standard InChI is InChI=1S/C53H78N2O4/c1-34-22-42(50(5,6)7)26-38(46(34)56)30-54(31-39-27-43(51(8,9)10)23-35(2)47(39)57)20-18-17-19-21-55(32-40-28-44(52(11,12)13)24-36(3)48(40)58)33-41-29-45(53(14,15)16)25-37(4)49(41)59/h22-29,56-59H,17-21,30-33H2,1-16H3. The van der Waals surface area contributed by atoms with Crippen LogP contribution in [0.3, 0.4) is 0 Å². The largest absolute Gasteiger partial charge is 0.507 e. The zero-order valence-electron chi connectivity index (χ0n) is 39.7. The van der Waals surface area contributed by atoms with Crippen molar-refractivity contribution in [3.63, 3.8) is 0 Å². The van der Waals surface area contributed by atoms with Gasteiger partial charge in [0.25, 0.3) is 0 Å². The second-order valence-corrected chi connectivity index (χ2v) is 21.7. The molecule has 6 heteroatoms. The molecule has 0 amide bonds. The van der Waals surface area contributed by atoms with Gasteiger partial charge in [-0.3, -0.25) is 9.80 Å². The van der Waals surface area contributed by atoms with Crippen LogP contribution >= 0.6 is 0 Å². The number of rotatable bonds is 14. The molecule has 4 aromatic carbocycles. The lowest BCUT2D eigenvalue weighted by molar-refractivity contribution is 0.227. The van der Waals surface area contributed by atoms with E-state index < -0.39 is 0 Å². The average Bonchev–Trinajstić information content (AvgIpc) is 3.10. The maximum absolute atomic E-state index is 11.3. The number of unbranched alkanes of at least 4 members (excludes halogenated alkanes) is 2. The molecule has 0 aliphatic heterocycles. The summed E-state index contributed by atoms with van der Waals surface area (Å²) in [6.45, 7) is 38.2. The van der Waals surface area contributed by atoms with Gasteiger partial charge in [-0.05, 0) is 120 Å². The molecule has 4 rings (SSSR count). The Balaban J connectivity index is 1.63. The molecule has 0 radical (unpaired) electrons. The van der Waals surface area contributed by atoms with Crippen LogP contribution in [0.25, 0.3) is 0 Å². The zero-order valence-corrected chi connectivity index (χ0v) is 39.7. The van der Waals surface area contributed by atoms with Crippen molar-refractivity contribution in [1.29, 1.82) is 0 Å². The van der Waals surface area contributed by atoms with Crippen molar-refractivity contribution < 1.29 is 20.4 Å². The maximum Gasteiger partial charge on any atom is 0.122 e. The van der Waals surface area contributed by atoms with E-state index >= 15 is 0 Å². The molecule has 0 saturated heterocycles. The maximum atomic E-state index is 11.3. The summed E-state index contributed by atoms with van der Waals surface area (Å²) in [5.74, 6) is 1.35. The fourth-order valence-corrected chi connectivity index (χ4v) is 7.86. The lowest BCUT2D eigenvalue weighted by Gasteiger charge is -2.28. The highest BCUT2D eigenvalue weighted by atomic mass is 16.3. The van der Waals surface area contributed by atoms with Gasteiger partial charge in [0.2, 0.25) is 0 Å². The number of aryl methyl sites for hydroxylation is 4. The molecule has 0 unspecified atom stereocenters. The summed E-state index contributed by atoms with van der Waals surface area (Å²) in [7, 11) is 0. The number of phenols is 4. The van der Waals surface area contributed by atoms with E-state index in [0.29, 0.717) is 49.2 Å². The monoisotopic (exact) mass is 807 g/mol. The molecule has 4 N–H and O–H groups in total. The average molecular weight is 807 g/mol. The van der Waals surface area contributed by atoms with Gasteiger partial charge in [-0.2, -0.15) is 0 Å². The third-order valence-electron chi connectivity index (χ3n) is 12.0. The highest BCUT2D eigenvalue weighted by Gasteiger charge is 2.24.